The minimum absolute atomic E-state index is 0.0191. The number of fused-ring (bicyclic) bond motifs is 1. The predicted octanol–water partition coefficient (Wildman–Crippen LogP) is 0.838. The highest BCUT2D eigenvalue weighted by Crippen LogP contribution is 2.22. The number of amides is 2. The molecule has 1 aromatic rings. The Labute approximate surface area is 155 Å². The molecule has 0 aliphatic carbocycles. The summed E-state index contributed by atoms with van der Waals surface area (Å²) < 4.78 is 2.09. The van der Waals surface area contributed by atoms with E-state index in [2.05, 4.69) is 33.9 Å². The first-order chi connectivity index (χ1) is 12.3. The molecule has 1 aliphatic heterocycles. The zero-order chi connectivity index (χ0) is 19.3. The summed E-state index contributed by atoms with van der Waals surface area (Å²) in [5.74, 6) is 2.25. The minimum Gasteiger partial charge on any atom is -0.345 e. The van der Waals surface area contributed by atoms with E-state index < -0.39 is 0 Å². The Hall–Kier alpha value is -1.96. The maximum atomic E-state index is 12.3. The van der Waals surface area contributed by atoms with E-state index >= 15 is 0 Å². The highest BCUT2D eigenvalue weighted by atomic mass is 16.2. The number of rotatable bonds is 7. The van der Waals surface area contributed by atoms with Gasteiger partial charge in [-0.05, 0) is 26.4 Å². The van der Waals surface area contributed by atoms with Gasteiger partial charge in [-0.15, -0.1) is 10.2 Å². The molecule has 0 spiro atoms. The van der Waals surface area contributed by atoms with Crippen LogP contribution < -0.4 is 5.32 Å². The molecule has 2 rings (SSSR count). The van der Waals surface area contributed by atoms with E-state index in [0.717, 1.165) is 18.1 Å². The molecule has 2 heterocycles. The van der Waals surface area contributed by atoms with Crippen molar-refractivity contribution in [1.82, 2.24) is 29.9 Å². The molecule has 0 fully saturated rings. The average molecular weight is 364 g/mol. The first-order valence-electron chi connectivity index (χ1n) is 9.45. The summed E-state index contributed by atoms with van der Waals surface area (Å²) in [4.78, 5) is 28.1. The third-order valence-corrected chi connectivity index (χ3v) is 4.52. The van der Waals surface area contributed by atoms with E-state index in [4.69, 9.17) is 0 Å². The van der Waals surface area contributed by atoms with Gasteiger partial charge in [-0.25, -0.2) is 0 Å². The molecule has 0 radical (unpaired) electrons. The largest absolute Gasteiger partial charge is 0.345 e. The second kappa shape index (κ2) is 9.12. The van der Waals surface area contributed by atoms with Crippen molar-refractivity contribution in [3.8, 4) is 0 Å². The highest BCUT2D eigenvalue weighted by molar-refractivity contribution is 5.78. The van der Waals surface area contributed by atoms with Crippen LogP contribution in [0.3, 0.4) is 0 Å². The maximum absolute atomic E-state index is 12.3. The molecule has 2 amide bonds. The fourth-order valence-corrected chi connectivity index (χ4v) is 3.30. The van der Waals surface area contributed by atoms with Crippen LogP contribution in [0.25, 0.3) is 0 Å². The third-order valence-electron chi connectivity index (χ3n) is 4.52. The van der Waals surface area contributed by atoms with Crippen LogP contribution in [0.15, 0.2) is 0 Å². The van der Waals surface area contributed by atoms with Gasteiger partial charge in [-0.3, -0.25) is 9.59 Å². The summed E-state index contributed by atoms with van der Waals surface area (Å²) in [5, 5.41) is 11.9. The smallest absolute Gasteiger partial charge is 0.234 e. The lowest BCUT2D eigenvalue weighted by Gasteiger charge is -2.23. The Balaban J connectivity index is 2.19. The van der Waals surface area contributed by atoms with E-state index in [-0.39, 0.29) is 17.9 Å². The number of hydrogen-bond donors (Lipinski definition) is 1. The molecule has 0 bridgehead atoms. The number of carbonyl (C=O) groups is 2. The number of nitrogens with one attached hydrogen (secondary N) is 1. The van der Waals surface area contributed by atoms with Crippen LogP contribution in [-0.4, -0.2) is 70.1 Å². The summed E-state index contributed by atoms with van der Waals surface area (Å²) in [7, 11) is 3.75. The summed E-state index contributed by atoms with van der Waals surface area (Å²) in [5.41, 5.74) is 0. The van der Waals surface area contributed by atoms with E-state index in [1.54, 1.807) is 0 Å². The molecule has 1 N–H and O–H groups in total. The van der Waals surface area contributed by atoms with Gasteiger partial charge in [0.1, 0.15) is 5.82 Å². The van der Waals surface area contributed by atoms with Crippen molar-refractivity contribution in [3.63, 3.8) is 0 Å². The molecule has 0 saturated carbocycles. The lowest BCUT2D eigenvalue weighted by molar-refractivity contribution is -0.130. The third kappa shape index (κ3) is 5.27. The Bertz CT molecular complexity index is 625. The highest BCUT2D eigenvalue weighted by Gasteiger charge is 2.26. The monoisotopic (exact) mass is 364 g/mol. The van der Waals surface area contributed by atoms with Crippen molar-refractivity contribution in [2.45, 2.75) is 52.6 Å². The summed E-state index contributed by atoms with van der Waals surface area (Å²) in [6.07, 6.45) is 2.01. The van der Waals surface area contributed by atoms with Gasteiger partial charge in [0.2, 0.25) is 11.8 Å². The predicted molar refractivity (Wildman–Crippen MR) is 99.5 cm³/mol. The van der Waals surface area contributed by atoms with Crippen LogP contribution in [0.1, 0.15) is 51.3 Å². The zero-order valence-corrected chi connectivity index (χ0v) is 16.7. The second-order valence-corrected chi connectivity index (χ2v) is 7.60. The van der Waals surface area contributed by atoms with Gasteiger partial charge in [0, 0.05) is 32.5 Å². The van der Waals surface area contributed by atoms with Gasteiger partial charge in [-0.2, -0.15) is 0 Å². The number of likely N-dealkylation sites (N-methyl/N-ethyl adjacent to an activating group) is 1. The van der Waals surface area contributed by atoms with Crippen molar-refractivity contribution in [2.24, 2.45) is 5.92 Å². The fraction of sp³-hybridized carbons (Fsp3) is 0.778. The van der Waals surface area contributed by atoms with Crippen LogP contribution >= 0.6 is 0 Å². The summed E-state index contributed by atoms with van der Waals surface area (Å²) >= 11 is 0. The normalized spacial score (nSPS) is 15.7. The first-order valence-corrected chi connectivity index (χ1v) is 9.45. The Morgan fingerprint density at radius 1 is 1.19 bits per heavy atom. The SMILES string of the molecule is CCC(=O)N1CCc2nnc(C(CC(C)C)NC(=O)CN(C)C)n2CC1. The number of hydrogen-bond acceptors (Lipinski definition) is 5. The standard InChI is InChI=1S/C18H32N6O2/c1-6-17(26)23-8-7-15-20-21-18(24(15)10-9-23)14(11-13(2)3)19-16(25)12-22(4)5/h13-14H,6-12H2,1-5H3,(H,19,25). The molecule has 8 nitrogen and oxygen atoms in total. The van der Waals surface area contributed by atoms with Gasteiger partial charge in [0.15, 0.2) is 5.82 Å². The molecule has 1 aromatic heterocycles. The first kappa shape index (κ1) is 20.4. The Kier molecular flexibility index (Phi) is 7.14. The Morgan fingerprint density at radius 2 is 1.92 bits per heavy atom. The summed E-state index contributed by atoms with van der Waals surface area (Å²) in [6, 6.07) is -0.169. The van der Waals surface area contributed by atoms with Gasteiger partial charge in [0.25, 0.3) is 0 Å². The van der Waals surface area contributed by atoms with E-state index in [9.17, 15) is 9.59 Å². The van der Waals surface area contributed by atoms with Crippen LogP contribution in [0.4, 0.5) is 0 Å². The molecule has 146 valence electrons. The number of nitrogens with zero attached hydrogens (tertiary/aromatic N) is 5. The average Bonchev–Trinajstić information content (AvgIpc) is 2.84. The summed E-state index contributed by atoms with van der Waals surface area (Å²) in [6.45, 7) is 8.49. The van der Waals surface area contributed by atoms with E-state index in [1.165, 1.54) is 0 Å². The van der Waals surface area contributed by atoms with Crippen molar-refractivity contribution >= 4 is 11.8 Å². The zero-order valence-electron chi connectivity index (χ0n) is 16.7. The van der Waals surface area contributed by atoms with Gasteiger partial charge in [0.05, 0.1) is 12.6 Å². The molecular formula is C18H32N6O2. The van der Waals surface area contributed by atoms with E-state index in [0.29, 0.717) is 44.9 Å². The van der Waals surface area contributed by atoms with Gasteiger partial charge < -0.3 is 19.7 Å². The van der Waals surface area contributed by atoms with Crippen LogP contribution in [-0.2, 0) is 22.6 Å². The van der Waals surface area contributed by atoms with Gasteiger partial charge >= 0.3 is 0 Å². The van der Waals surface area contributed by atoms with Crippen molar-refractivity contribution in [1.29, 1.82) is 0 Å². The lowest BCUT2D eigenvalue weighted by atomic mass is 10.0. The second-order valence-electron chi connectivity index (χ2n) is 7.60. The molecule has 1 aliphatic rings. The molecular weight excluding hydrogens is 332 g/mol. The maximum Gasteiger partial charge on any atom is 0.234 e. The Morgan fingerprint density at radius 3 is 2.54 bits per heavy atom. The lowest BCUT2D eigenvalue weighted by Crippen LogP contribution is -2.38. The topological polar surface area (TPSA) is 83.4 Å². The molecule has 8 heteroatoms. The molecule has 0 aromatic carbocycles. The van der Waals surface area contributed by atoms with E-state index in [1.807, 2.05) is 30.8 Å². The van der Waals surface area contributed by atoms with Crippen molar-refractivity contribution in [3.05, 3.63) is 11.6 Å². The molecule has 0 saturated heterocycles. The number of carbonyl (C=O) groups excluding carboxylic acids is 2. The van der Waals surface area contributed by atoms with Crippen molar-refractivity contribution < 1.29 is 9.59 Å². The minimum atomic E-state index is -0.169. The fourth-order valence-electron chi connectivity index (χ4n) is 3.30. The van der Waals surface area contributed by atoms with Gasteiger partial charge in [-0.1, -0.05) is 20.8 Å². The number of aromatic nitrogens is 3. The quantitative estimate of drug-likeness (QED) is 0.775. The van der Waals surface area contributed by atoms with Crippen molar-refractivity contribution in [2.75, 3.05) is 33.7 Å². The molecule has 1 unspecified atom stereocenters. The van der Waals surface area contributed by atoms with Crippen LogP contribution in [0, 0.1) is 5.92 Å². The molecule has 26 heavy (non-hydrogen) atoms. The van der Waals surface area contributed by atoms with Crippen LogP contribution in [0.5, 0.6) is 0 Å². The molecule has 1 atom stereocenters. The van der Waals surface area contributed by atoms with Crippen LogP contribution in [0.2, 0.25) is 0 Å².